The molecule has 1 fully saturated rings. The summed E-state index contributed by atoms with van der Waals surface area (Å²) in [6.07, 6.45) is 1.35. The lowest BCUT2D eigenvalue weighted by Crippen LogP contribution is -2.45. The number of nitrogens with zero attached hydrogens (tertiary/aromatic N) is 2. The van der Waals surface area contributed by atoms with Crippen molar-refractivity contribution in [3.05, 3.63) is 0 Å². The van der Waals surface area contributed by atoms with Crippen LogP contribution in [0.2, 0.25) is 0 Å². The van der Waals surface area contributed by atoms with Crippen LogP contribution in [0.5, 0.6) is 0 Å². The largest absolute Gasteiger partial charge is 0.464 e. The Morgan fingerprint density at radius 2 is 1.82 bits per heavy atom. The lowest BCUT2D eigenvalue weighted by molar-refractivity contribution is -0.492. The van der Waals surface area contributed by atoms with Gasteiger partial charge < -0.3 is 15.0 Å². The number of hydrogen-bond acceptors (Lipinski definition) is 12. The third-order valence-electron chi connectivity index (χ3n) is 4.56. The van der Waals surface area contributed by atoms with E-state index in [4.69, 9.17) is 15.2 Å². The quantitative estimate of drug-likeness (QED) is 0.180. The molecule has 0 aromatic carbocycles. The molecule has 1 unspecified atom stereocenters. The average molecular weight is 510 g/mol. The summed E-state index contributed by atoms with van der Waals surface area (Å²) in [5.74, 6) is -1.54. The predicted molar refractivity (Wildman–Crippen MR) is 119 cm³/mol. The first-order valence-corrected chi connectivity index (χ1v) is 12.3. The maximum atomic E-state index is 12.8. The lowest BCUT2D eigenvalue weighted by Gasteiger charge is -2.26. The van der Waals surface area contributed by atoms with Crippen molar-refractivity contribution in [2.24, 2.45) is 5.92 Å². The fourth-order valence-corrected chi connectivity index (χ4v) is 4.64. The minimum atomic E-state index is -1.07. The summed E-state index contributed by atoms with van der Waals surface area (Å²) < 4.78 is 5.05. The van der Waals surface area contributed by atoms with E-state index in [-0.39, 0.29) is 41.5 Å². The van der Waals surface area contributed by atoms with Crippen LogP contribution in [0.25, 0.3) is 0 Å². The van der Waals surface area contributed by atoms with Crippen LogP contribution < -0.4 is 5.32 Å². The van der Waals surface area contributed by atoms with E-state index in [1.54, 1.807) is 6.92 Å². The van der Waals surface area contributed by atoms with Gasteiger partial charge in [0, 0.05) is 44.2 Å². The highest BCUT2D eigenvalue weighted by molar-refractivity contribution is 8.14. The predicted octanol–water partition coefficient (Wildman–Crippen LogP) is 0.603. The summed E-state index contributed by atoms with van der Waals surface area (Å²) >= 11 is 1.91. The fourth-order valence-electron chi connectivity index (χ4n) is 3.03. The SMILES string of the molecule is CC(=O)NC(CSC(=O)[C@@H]1CCCN1C(=O)[C@H](C)CSC(C)=O)C(=O)OCCCON(O)O. The Kier molecular flexibility index (Phi) is 13.5. The van der Waals surface area contributed by atoms with Crippen LogP contribution in [0, 0.1) is 5.92 Å². The highest BCUT2D eigenvalue weighted by Crippen LogP contribution is 2.26. The third-order valence-corrected chi connectivity index (χ3v) is 6.69. The van der Waals surface area contributed by atoms with Crippen molar-refractivity contribution in [1.82, 2.24) is 15.6 Å². The van der Waals surface area contributed by atoms with E-state index in [1.165, 1.54) is 18.7 Å². The highest BCUT2D eigenvalue weighted by atomic mass is 32.2. The van der Waals surface area contributed by atoms with Crippen LogP contribution in [0.3, 0.4) is 0 Å². The number of likely N-dealkylation sites (tertiary alicyclic amines) is 1. The lowest BCUT2D eigenvalue weighted by atomic mass is 10.1. The fraction of sp³-hybridized carbons (Fsp3) is 0.737. The highest BCUT2D eigenvalue weighted by Gasteiger charge is 2.36. The van der Waals surface area contributed by atoms with Crippen LogP contribution in [0.1, 0.15) is 40.0 Å². The number of thioether (sulfide) groups is 2. The van der Waals surface area contributed by atoms with Gasteiger partial charge >= 0.3 is 5.97 Å². The summed E-state index contributed by atoms with van der Waals surface area (Å²) in [4.78, 5) is 66.3. The van der Waals surface area contributed by atoms with Crippen LogP contribution in [0.15, 0.2) is 0 Å². The van der Waals surface area contributed by atoms with Gasteiger partial charge in [-0.1, -0.05) is 30.4 Å². The first kappa shape index (κ1) is 29.3. The van der Waals surface area contributed by atoms with E-state index < -0.39 is 35.3 Å². The first-order chi connectivity index (χ1) is 15.5. The number of carbonyl (C=O) groups excluding carboxylic acids is 5. The molecule has 0 aliphatic carbocycles. The van der Waals surface area contributed by atoms with Crippen LogP contribution in [-0.4, -0.2) is 92.1 Å². The van der Waals surface area contributed by atoms with Gasteiger partial charge in [-0.15, -0.1) is 0 Å². The van der Waals surface area contributed by atoms with E-state index >= 15 is 0 Å². The maximum Gasteiger partial charge on any atom is 0.329 e. The van der Waals surface area contributed by atoms with Gasteiger partial charge in [0.1, 0.15) is 12.1 Å². The molecule has 0 aromatic rings. The Hall–Kier alpha value is -1.71. The Morgan fingerprint density at radius 3 is 2.42 bits per heavy atom. The van der Waals surface area contributed by atoms with Crippen molar-refractivity contribution in [2.45, 2.75) is 52.1 Å². The number of ether oxygens (including phenoxy) is 1. The van der Waals surface area contributed by atoms with Crippen molar-refractivity contribution in [3.8, 4) is 0 Å². The second-order valence-corrected chi connectivity index (χ2v) is 9.60. The van der Waals surface area contributed by atoms with Gasteiger partial charge in [0.15, 0.2) is 5.12 Å². The Bertz CT molecular complexity index is 708. The Balaban J connectivity index is 2.60. The second kappa shape index (κ2) is 15.2. The molecule has 12 nitrogen and oxygen atoms in total. The van der Waals surface area contributed by atoms with Gasteiger partial charge in [-0.2, -0.15) is 0 Å². The molecule has 1 aliphatic rings. The van der Waals surface area contributed by atoms with Crippen molar-refractivity contribution in [3.63, 3.8) is 0 Å². The number of carbonyl (C=O) groups is 5. The van der Waals surface area contributed by atoms with E-state index in [2.05, 4.69) is 10.2 Å². The molecule has 3 atom stereocenters. The first-order valence-electron chi connectivity index (χ1n) is 10.4. The van der Waals surface area contributed by atoms with Crippen molar-refractivity contribution in [1.29, 1.82) is 0 Å². The molecule has 0 bridgehead atoms. The van der Waals surface area contributed by atoms with E-state index in [9.17, 15) is 24.0 Å². The number of rotatable bonds is 13. The third kappa shape index (κ3) is 11.3. The molecule has 188 valence electrons. The van der Waals surface area contributed by atoms with Crippen molar-refractivity contribution < 1.29 is 44.0 Å². The Labute approximate surface area is 200 Å². The number of amides is 2. The van der Waals surface area contributed by atoms with Gasteiger partial charge in [0.05, 0.1) is 18.6 Å². The average Bonchev–Trinajstić information content (AvgIpc) is 3.23. The van der Waals surface area contributed by atoms with E-state index in [1.807, 2.05) is 0 Å². The molecule has 1 rings (SSSR count). The normalized spacial score (nSPS) is 17.5. The minimum Gasteiger partial charge on any atom is -0.464 e. The molecule has 0 aromatic heterocycles. The summed E-state index contributed by atoms with van der Waals surface area (Å²) in [5.41, 5.74) is 0. The van der Waals surface area contributed by atoms with E-state index in [0.717, 1.165) is 23.5 Å². The molecule has 1 aliphatic heterocycles. The van der Waals surface area contributed by atoms with Gasteiger partial charge in [0.25, 0.3) is 0 Å². The summed E-state index contributed by atoms with van der Waals surface area (Å²) in [6.45, 7) is 4.62. The Morgan fingerprint density at radius 1 is 1.12 bits per heavy atom. The summed E-state index contributed by atoms with van der Waals surface area (Å²) in [6, 6.07) is -1.70. The smallest absolute Gasteiger partial charge is 0.329 e. The zero-order valence-electron chi connectivity index (χ0n) is 18.9. The monoisotopic (exact) mass is 509 g/mol. The minimum absolute atomic E-state index is 0.0664. The maximum absolute atomic E-state index is 12.8. The number of hydrogen-bond donors (Lipinski definition) is 3. The number of nitrogens with one attached hydrogen (secondary N) is 1. The molecule has 33 heavy (non-hydrogen) atoms. The molecule has 3 N–H and O–H groups in total. The van der Waals surface area contributed by atoms with E-state index in [0.29, 0.717) is 25.1 Å². The standard InChI is InChI=1S/C19H31N3O9S2/c1-12(10-32-14(3)24)17(25)21-7-4-6-16(21)19(27)33-11-15(20-13(2)23)18(26)30-8-5-9-31-22(28)29/h12,15-16,28-29H,4-11H2,1-3H3,(H,20,23)/t12-,15?,16+/m1/s1. The zero-order valence-corrected chi connectivity index (χ0v) is 20.5. The topological polar surface area (TPSA) is 163 Å². The molecule has 1 saturated heterocycles. The van der Waals surface area contributed by atoms with Gasteiger partial charge in [-0.25, -0.2) is 4.79 Å². The van der Waals surface area contributed by atoms with Gasteiger partial charge in [-0.3, -0.25) is 34.4 Å². The molecule has 2 amide bonds. The van der Waals surface area contributed by atoms with Crippen molar-refractivity contribution >= 4 is 51.5 Å². The number of esters is 1. The van der Waals surface area contributed by atoms with Crippen LogP contribution >= 0.6 is 23.5 Å². The molecule has 0 spiro atoms. The molecule has 0 radical (unpaired) electrons. The van der Waals surface area contributed by atoms with Crippen molar-refractivity contribution in [2.75, 3.05) is 31.3 Å². The summed E-state index contributed by atoms with van der Waals surface area (Å²) in [5, 5.41) is 18.5. The molecule has 14 heteroatoms. The molecule has 1 heterocycles. The second-order valence-electron chi connectivity index (χ2n) is 7.38. The molecular weight excluding hydrogens is 478 g/mol. The van der Waals surface area contributed by atoms with Crippen LogP contribution in [-0.2, 0) is 33.5 Å². The van der Waals surface area contributed by atoms with Gasteiger partial charge in [-0.05, 0) is 12.8 Å². The van der Waals surface area contributed by atoms with Crippen LogP contribution in [0.4, 0.5) is 0 Å². The zero-order chi connectivity index (χ0) is 25.0. The molecular formula is C19H31N3O9S2. The molecule has 0 saturated carbocycles. The van der Waals surface area contributed by atoms with Gasteiger partial charge in [0.2, 0.25) is 16.9 Å². The summed E-state index contributed by atoms with van der Waals surface area (Å²) in [7, 11) is 0.